The Morgan fingerprint density at radius 3 is 2.37 bits per heavy atom. The summed E-state index contributed by atoms with van der Waals surface area (Å²) in [4.78, 5) is 5.09. The highest BCUT2D eigenvalue weighted by atomic mass is 16.6. The van der Waals surface area contributed by atoms with Crippen molar-refractivity contribution in [3.05, 3.63) is 53.1 Å². The number of fused-ring (bicyclic) bond motifs is 1. The summed E-state index contributed by atoms with van der Waals surface area (Å²) in [7, 11) is 0. The Morgan fingerprint density at radius 1 is 0.857 bits per heavy atom. The van der Waals surface area contributed by atoms with E-state index in [0.29, 0.717) is 38.9 Å². The molecule has 2 aromatic carbocycles. The van der Waals surface area contributed by atoms with Gasteiger partial charge in [0.25, 0.3) is 0 Å². The number of nitrogens with zero attached hydrogens (tertiary/aromatic N) is 2. The number of nitrogens with one attached hydrogen (secondary N) is 2. The molecule has 2 aliphatic heterocycles. The number of hydrogen-bond acceptors (Lipinski definition) is 9. The van der Waals surface area contributed by atoms with Crippen LogP contribution in [0.1, 0.15) is 35.6 Å². The molecule has 8 N–H and O–H groups in total. The Hall–Kier alpha value is -2.40. The molecule has 0 aromatic heterocycles. The molecule has 2 heterocycles. The van der Waals surface area contributed by atoms with Crippen molar-refractivity contribution in [2.24, 2.45) is 17.2 Å². The van der Waals surface area contributed by atoms with Crippen LogP contribution in [-0.2, 0) is 13.1 Å². The first kappa shape index (κ1) is 25.7. The Kier molecular flexibility index (Phi) is 9.58. The van der Waals surface area contributed by atoms with Gasteiger partial charge < -0.3 is 37.0 Å². The maximum atomic E-state index is 6.07. The molecule has 35 heavy (non-hydrogen) atoms. The van der Waals surface area contributed by atoms with E-state index in [1.165, 1.54) is 11.1 Å². The lowest BCUT2D eigenvalue weighted by Gasteiger charge is -2.39. The van der Waals surface area contributed by atoms with Crippen molar-refractivity contribution in [2.75, 3.05) is 64.5 Å². The molecule has 2 aromatic rings. The average Bonchev–Trinajstić information content (AvgIpc) is 2.90. The lowest BCUT2D eigenvalue weighted by molar-refractivity contribution is 0.0924. The van der Waals surface area contributed by atoms with E-state index < -0.39 is 0 Å². The molecule has 4 rings (SSSR count). The van der Waals surface area contributed by atoms with Crippen LogP contribution >= 0.6 is 0 Å². The molecule has 2 aliphatic rings. The predicted molar refractivity (Wildman–Crippen MR) is 140 cm³/mol. The first-order valence-corrected chi connectivity index (χ1v) is 12.8. The highest BCUT2D eigenvalue weighted by Crippen LogP contribution is 2.32. The molecular formula is C26H41N7O2. The van der Waals surface area contributed by atoms with Crippen molar-refractivity contribution < 1.29 is 9.47 Å². The summed E-state index contributed by atoms with van der Waals surface area (Å²) < 4.78 is 11.3. The van der Waals surface area contributed by atoms with Crippen molar-refractivity contribution in [3.63, 3.8) is 0 Å². The summed E-state index contributed by atoms with van der Waals surface area (Å²) >= 11 is 0. The minimum Gasteiger partial charge on any atom is -0.486 e. The third kappa shape index (κ3) is 7.07. The standard InChI is InChI=1S/C26H41N7O2/c27-5-1-7-32-8-10-33(11-9-32)24(4-6-28)22-15-20(18-29)14-21(16-22)19-30-31-23-2-3-25-26(17-23)35-13-12-34-25/h2-3,14-17,24,30-31H,1,4-13,18-19,27-29H2. The lowest BCUT2D eigenvalue weighted by Crippen LogP contribution is -2.48. The van der Waals surface area contributed by atoms with E-state index in [1.807, 2.05) is 18.2 Å². The molecule has 1 atom stereocenters. The molecule has 9 nitrogen and oxygen atoms in total. The highest BCUT2D eigenvalue weighted by Gasteiger charge is 2.25. The summed E-state index contributed by atoms with van der Waals surface area (Å²) in [5, 5.41) is 0. The van der Waals surface area contributed by atoms with E-state index in [4.69, 9.17) is 26.7 Å². The number of hydrogen-bond donors (Lipinski definition) is 5. The molecule has 1 unspecified atom stereocenters. The van der Waals surface area contributed by atoms with Crippen molar-refractivity contribution in [2.45, 2.75) is 32.0 Å². The summed E-state index contributed by atoms with van der Waals surface area (Å²) in [6.07, 6.45) is 1.99. The second-order valence-corrected chi connectivity index (χ2v) is 9.24. The molecule has 0 bridgehead atoms. The fraction of sp³-hybridized carbons (Fsp3) is 0.538. The Labute approximate surface area is 208 Å². The average molecular weight is 484 g/mol. The predicted octanol–water partition coefficient (Wildman–Crippen LogP) is 1.39. The quantitative estimate of drug-likeness (QED) is 0.285. The summed E-state index contributed by atoms with van der Waals surface area (Å²) in [5.41, 5.74) is 29.0. The molecule has 0 saturated carbocycles. The van der Waals surface area contributed by atoms with Gasteiger partial charge in [-0.1, -0.05) is 18.2 Å². The molecule has 192 valence electrons. The van der Waals surface area contributed by atoms with Gasteiger partial charge in [-0.05, 0) is 61.3 Å². The SMILES string of the molecule is NCCCN1CCN(C(CCN)c2cc(CN)cc(CNNc3ccc4c(c3)OCCO4)c2)CC1. The van der Waals surface area contributed by atoms with Gasteiger partial charge in [0.2, 0.25) is 0 Å². The number of ether oxygens (including phenoxy) is 2. The minimum atomic E-state index is 0.299. The van der Waals surface area contributed by atoms with Gasteiger partial charge in [0.05, 0.1) is 5.69 Å². The number of hydrazine groups is 1. The van der Waals surface area contributed by atoms with Crippen LogP contribution in [0.15, 0.2) is 36.4 Å². The monoisotopic (exact) mass is 483 g/mol. The normalized spacial score (nSPS) is 17.3. The summed E-state index contributed by atoms with van der Waals surface area (Å²) in [6, 6.07) is 12.9. The Morgan fingerprint density at radius 2 is 1.63 bits per heavy atom. The van der Waals surface area contributed by atoms with Crippen LogP contribution in [0.5, 0.6) is 11.5 Å². The van der Waals surface area contributed by atoms with E-state index in [-0.39, 0.29) is 0 Å². The zero-order valence-electron chi connectivity index (χ0n) is 20.7. The van der Waals surface area contributed by atoms with Gasteiger partial charge in [0, 0.05) is 51.4 Å². The van der Waals surface area contributed by atoms with E-state index in [2.05, 4.69) is 38.9 Å². The third-order valence-corrected chi connectivity index (χ3v) is 6.73. The Balaban J connectivity index is 1.40. The molecule has 1 fully saturated rings. The summed E-state index contributed by atoms with van der Waals surface area (Å²) in [6.45, 7) is 9.07. The van der Waals surface area contributed by atoms with Gasteiger partial charge in [-0.2, -0.15) is 0 Å². The summed E-state index contributed by atoms with van der Waals surface area (Å²) in [5.74, 6) is 1.55. The van der Waals surface area contributed by atoms with Crippen LogP contribution in [0, 0.1) is 0 Å². The van der Waals surface area contributed by atoms with Crippen molar-refractivity contribution in [3.8, 4) is 11.5 Å². The van der Waals surface area contributed by atoms with Crippen LogP contribution in [0.25, 0.3) is 0 Å². The molecule has 0 amide bonds. The van der Waals surface area contributed by atoms with Gasteiger partial charge in [-0.3, -0.25) is 4.90 Å². The fourth-order valence-electron chi connectivity index (χ4n) is 4.90. The molecule has 0 radical (unpaired) electrons. The molecule has 1 saturated heterocycles. The van der Waals surface area contributed by atoms with Crippen molar-refractivity contribution in [1.29, 1.82) is 0 Å². The maximum Gasteiger partial charge on any atom is 0.163 e. The first-order valence-electron chi connectivity index (χ1n) is 12.8. The molecule has 0 aliphatic carbocycles. The van der Waals surface area contributed by atoms with Gasteiger partial charge in [0.15, 0.2) is 11.5 Å². The van der Waals surface area contributed by atoms with Crippen molar-refractivity contribution >= 4 is 5.69 Å². The number of anilines is 1. The number of nitrogens with two attached hydrogens (primary N) is 3. The largest absolute Gasteiger partial charge is 0.486 e. The lowest BCUT2D eigenvalue weighted by atomic mass is 9.96. The number of rotatable bonds is 12. The van der Waals surface area contributed by atoms with Gasteiger partial charge in [-0.25, -0.2) is 5.43 Å². The van der Waals surface area contributed by atoms with E-state index in [0.717, 1.165) is 74.9 Å². The van der Waals surface area contributed by atoms with Crippen LogP contribution in [0.3, 0.4) is 0 Å². The number of piperazine rings is 1. The van der Waals surface area contributed by atoms with Crippen LogP contribution in [0.2, 0.25) is 0 Å². The van der Waals surface area contributed by atoms with Gasteiger partial charge in [0.1, 0.15) is 13.2 Å². The van der Waals surface area contributed by atoms with E-state index in [9.17, 15) is 0 Å². The third-order valence-electron chi connectivity index (χ3n) is 6.73. The van der Waals surface area contributed by atoms with Crippen molar-refractivity contribution in [1.82, 2.24) is 15.2 Å². The second-order valence-electron chi connectivity index (χ2n) is 9.24. The maximum absolute atomic E-state index is 6.07. The zero-order valence-corrected chi connectivity index (χ0v) is 20.7. The van der Waals surface area contributed by atoms with Gasteiger partial charge >= 0.3 is 0 Å². The Bertz CT molecular complexity index is 934. The smallest absolute Gasteiger partial charge is 0.163 e. The first-order chi connectivity index (χ1) is 17.2. The van der Waals surface area contributed by atoms with Crippen LogP contribution in [0.4, 0.5) is 5.69 Å². The topological polar surface area (TPSA) is 127 Å². The van der Waals surface area contributed by atoms with E-state index in [1.54, 1.807) is 0 Å². The molecular weight excluding hydrogens is 442 g/mol. The second kappa shape index (κ2) is 13.1. The highest BCUT2D eigenvalue weighted by molar-refractivity contribution is 5.54. The zero-order chi connectivity index (χ0) is 24.5. The molecule has 0 spiro atoms. The minimum absolute atomic E-state index is 0.299. The number of benzene rings is 2. The van der Waals surface area contributed by atoms with Gasteiger partial charge in [-0.15, -0.1) is 0 Å². The fourth-order valence-corrected chi connectivity index (χ4v) is 4.90. The van der Waals surface area contributed by atoms with Crippen LogP contribution in [-0.4, -0.2) is 68.8 Å². The van der Waals surface area contributed by atoms with Crippen LogP contribution < -0.4 is 37.5 Å². The molecule has 9 heteroatoms. The van der Waals surface area contributed by atoms with E-state index >= 15 is 0 Å².